The number of benzene rings is 1. The van der Waals surface area contributed by atoms with Crippen molar-refractivity contribution < 1.29 is 14.3 Å². The third-order valence-corrected chi connectivity index (χ3v) is 3.36. The third kappa shape index (κ3) is 3.74. The average molecular weight is 290 g/mol. The van der Waals surface area contributed by atoms with Crippen LogP contribution in [0.25, 0.3) is 0 Å². The Labute approximate surface area is 125 Å². The summed E-state index contributed by atoms with van der Waals surface area (Å²) in [5, 5.41) is 2.79. The van der Waals surface area contributed by atoms with Crippen molar-refractivity contribution in [1.29, 1.82) is 0 Å². The van der Waals surface area contributed by atoms with Crippen molar-refractivity contribution in [2.45, 2.75) is 33.1 Å². The molecule has 0 spiro atoms. The monoisotopic (exact) mass is 290 g/mol. The third-order valence-electron chi connectivity index (χ3n) is 3.36. The van der Waals surface area contributed by atoms with Crippen LogP contribution in [-0.2, 0) is 4.79 Å². The number of nitrogens with zero attached hydrogens (tertiary/aromatic N) is 1. The number of nitrogens with one attached hydrogen (secondary N) is 1. The topological polar surface area (TPSA) is 58.6 Å². The predicted octanol–water partition coefficient (Wildman–Crippen LogP) is 2.67. The summed E-state index contributed by atoms with van der Waals surface area (Å²) in [4.78, 5) is 26.0. The molecule has 1 aromatic carbocycles. The van der Waals surface area contributed by atoms with E-state index in [2.05, 4.69) is 19.2 Å². The van der Waals surface area contributed by atoms with Crippen LogP contribution in [0.15, 0.2) is 18.2 Å². The van der Waals surface area contributed by atoms with Crippen molar-refractivity contribution in [3.8, 4) is 5.75 Å². The maximum Gasteiger partial charge on any atom is 0.253 e. The minimum Gasteiger partial charge on any atom is -0.491 e. The Kier molecular flexibility index (Phi) is 5.20. The molecule has 1 heterocycles. The minimum atomic E-state index is -0.0858. The van der Waals surface area contributed by atoms with Crippen molar-refractivity contribution in [1.82, 2.24) is 4.90 Å². The van der Waals surface area contributed by atoms with E-state index in [1.54, 1.807) is 18.2 Å². The molecule has 21 heavy (non-hydrogen) atoms. The predicted molar refractivity (Wildman–Crippen MR) is 81.7 cm³/mol. The highest BCUT2D eigenvalue weighted by molar-refractivity contribution is 5.98. The summed E-state index contributed by atoms with van der Waals surface area (Å²) in [6, 6.07) is 5.22. The fraction of sp³-hybridized carbons (Fsp3) is 0.500. The van der Waals surface area contributed by atoms with Crippen LogP contribution in [0.5, 0.6) is 5.75 Å². The van der Waals surface area contributed by atoms with Crippen LogP contribution in [0.2, 0.25) is 0 Å². The molecule has 0 bridgehead atoms. The van der Waals surface area contributed by atoms with E-state index < -0.39 is 0 Å². The van der Waals surface area contributed by atoms with Gasteiger partial charge in [-0.25, -0.2) is 0 Å². The van der Waals surface area contributed by atoms with Crippen LogP contribution in [0, 0.1) is 0 Å². The van der Waals surface area contributed by atoms with Gasteiger partial charge in [0.25, 0.3) is 5.91 Å². The van der Waals surface area contributed by atoms with E-state index in [-0.39, 0.29) is 11.8 Å². The summed E-state index contributed by atoms with van der Waals surface area (Å²) in [5.74, 6) is 0.534. The van der Waals surface area contributed by atoms with E-state index in [1.165, 1.54) is 0 Å². The van der Waals surface area contributed by atoms with Crippen molar-refractivity contribution in [2.24, 2.45) is 0 Å². The maximum absolute atomic E-state index is 12.6. The van der Waals surface area contributed by atoms with Gasteiger partial charge in [-0.3, -0.25) is 9.59 Å². The molecule has 0 aromatic heterocycles. The number of hydrogen-bond acceptors (Lipinski definition) is 3. The first-order chi connectivity index (χ1) is 10.2. The Bertz CT molecular complexity index is 522. The second-order valence-corrected chi connectivity index (χ2v) is 5.15. The summed E-state index contributed by atoms with van der Waals surface area (Å²) in [7, 11) is 0. The van der Waals surface area contributed by atoms with E-state index in [0.717, 1.165) is 25.9 Å². The van der Waals surface area contributed by atoms with Gasteiger partial charge in [-0.1, -0.05) is 13.8 Å². The van der Waals surface area contributed by atoms with E-state index in [4.69, 9.17) is 4.74 Å². The van der Waals surface area contributed by atoms with E-state index in [0.29, 0.717) is 30.0 Å². The van der Waals surface area contributed by atoms with Gasteiger partial charge in [0, 0.05) is 18.7 Å². The Balaban J connectivity index is 2.23. The van der Waals surface area contributed by atoms with Crippen LogP contribution in [0.3, 0.4) is 0 Å². The van der Waals surface area contributed by atoms with Crippen LogP contribution in [-0.4, -0.2) is 36.4 Å². The van der Waals surface area contributed by atoms with E-state index in [9.17, 15) is 9.59 Å². The first-order valence-corrected chi connectivity index (χ1v) is 7.51. The zero-order valence-electron chi connectivity index (χ0n) is 12.6. The van der Waals surface area contributed by atoms with Crippen molar-refractivity contribution in [3.63, 3.8) is 0 Å². The number of carbonyl (C=O) groups is 2. The molecule has 0 saturated heterocycles. The zero-order valence-corrected chi connectivity index (χ0v) is 12.6. The number of rotatable bonds is 5. The lowest BCUT2D eigenvalue weighted by Gasteiger charge is -2.22. The molecule has 0 unspecified atom stereocenters. The average Bonchev–Trinajstić information content (AvgIpc) is 2.66. The molecule has 0 aliphatic carbocycles. The maximum atomic E-state index is 12.6. The molecule has 5 nitrogen and oxygen atoms in total. The van der Waals surface area contributed by atoms with Crippen LogP contribution in [0.4, 0.5) is 5.69 Å². The standard InChI is InChI=1S/C16H22N2O3/c1-3-8-18(9-4-2)16(20)12-5-6-14-13(11-12)17-15(19)7-10-21-14/h5-6,11H,3-4,7-10H2,1-2H3,(H,17,19). The van der Waals surface area contributed by atoms with E-state index in [1.807, 2.05) is 4.90 Å². The Morgan fingerprint density at radius 1 is 1.29 bits per heavy atom. The SMILES string of the molecule is CCCN(CCC)C(=O)c1ccc2c(c1)NC(=O)CCO2. The van der Waals surface area contributed by atoms with Gasteiger partial charge in [0.2, 0.25) is 5.91 Å². The van der Waals surface area contributed by atoms with Gasteiger partial charge in [0.15, 0.2) is 0 Å². The molecule has 0 radical (unpaired) electrons. The Morgan fingerprint density at radius 3 is 2.67 bits per heavy atom. The summed E-state index contributed by atoms with van der Waals surface area (Å²) in [5.41, 5.74) is 1.16. The fourth-order valence-electron chi connectivity index (χ4n) is 2.39. The molecule has 1 N–H and O–H groups in total. The van der Waals surface area contributed by atoms with Gasteiger partial charge < -0.3 is 15.0 Å². The molecule has 0 saturated carbocycles. The van der Waals surface area contributed by atoms with Gasteiger partial charge in [0.1, 0.15) is 5.75 Å². The normalized spacial score (nSPS) is 13.7. The van der Waals surface area contributed by atoms with Crippen molar-refractivity contribution in [3.05, 3.63) is 23.8 Å². The van der Waals surface area contributed by atoms with Gasteiger partial charge >= 0.3 is 0 Å². The van der Waals surface area contributed by atoms with Crippen molar-refractivity contribution >= 4 is 17.5 Å². The highest BCUT2D eigenvalue weighted by atomic mass is 16.5. The molecule has 1 aliphatic heterocycles. The summed E-state index contributed by atoms with van der Waals surface area (Å²) >= 11 is 0. The molecule has 5 heteroatoms. The molecule has 0 fully saturated rings. The summed E-state index contributed by atoms with van der Waals surface area (Å²) in [6.45, 7) is 5.96. The second-order valence-electron chi connectivity index (χ2n) is 5.15. The van der Waals surface area contributed by atoms with Gasteiger partial charge in [-0.15, -0.1) is 0 Å². The number of anilines is 1. The lowest BCUT2D eigenvalue weighted by Crippen LogP contribution is -2.32. The van der Waals surface area contributed by atoms with Crippen LogP contribution < -0.4 is 10.1 Å². The van der Waals surface area contributed by atoms with Gasteiger partial charge in [-0.2, -0.15) is 0 Å². The first kappa shape index (κ1) is 15.4. The quantitative estimate of drug-likeness (QED) is 0.907. The lowest BCUT2D eigenvalue weighted by atomic mass is 10.1. The lowest BCUT2D eigenvalue weighted by molar-refractivity contribution is -0.116. The highest BCUT2D eigenvalue weighted by Gasteiger charge is 2.19. The molecular formula is C16H22N2O3. The Morgan fingerprint density at radius 2 is 2.00 bits per heavy atom. The Hall–Kier alpha value is -2.04. The number of fused-ring (bicyclic) bond motifs is 1. The van der Waals surface area contributed by atoms with Crippen molar-refractivity contribution in [2.75, 3.05) is 25.0 Å². The van der Waals surface area contributed by atoms with Crippen LogP contribution in [0.1, 0.15) is 43.5 Å². The van der Waals surface area contributed by atoms with Crippen LogP contribution >= 0.6 is 0 Å². The second kappa shape index (κ2) is 7.11. The number of hydrogen-bond donors (Lipinski definition) is 1. The smallest absolute Gasteiger partial charge is 0.253 e. The fourth-order valence-corrected chi connectivity index (χ4v) is 2.39. The minimum absolute atomic E-state index is 0.00000378. The molecule has 1 aromatic rings. The first-order valence-electron chi connectivity index (χ1n) is 7.51. The highest BCUT2D eigenvalue weighted by Crippen LogP contribution is 2.28. The number of amides is 2. The zero-order chi connectivity index (χ0) is 15.2. The summed E-state index contributed by atoms with van der Waals surface area (Å²) < 4.78 is 5.50. The molecule has 1 aliphatic rings. The largest absolute Gasteiger partial charge is 0.491 e. The van der Waals surface area contributed by atoms with E-state index >= 15 is 0 Å². The molecule has 2 amide bonds. The number of carbonyl (C=O) groups excluding carboxylic acids is 2. The molecule has 0 atom stereocenters. The molecule has 2 rings (SSSR count). The molecular weight excluding hydrogens is 268 g/mol. The summed E-state index contributed by atoms with van der Waals surface area (Å²) in [6.07, 6.45) is 2.18. The van der Waals surface area contributed by atoms with Gasteiger partial charge in [-0.05, 0) is 31.0 Å². The van der Waals surface area contributed by atoms with Gasteiger partial charge in [0.05, 0.1) is 18.7 Å². The molecule has 114 valence electrons. The number of ether oxygens (including phenoxy) is 1.